The third-order valence-electron chi connectivity index (χ3n) is 2.42. The molecule has 0 atom stereocenters. The summed E-state index contributed by atoms with van der Waals surface area (Å²) in [5.74, 6) is 1.71. The van der Waals surface area contributed by atoms with Gasteiger partial charge in [0.25, 0.3) is 0 Å². The van der Waals surface area contributed by atoms with Crippen LogP contribution in [0, 0.1) is 0 Å². The number of alkyl halides is 1. The molecule has 94 valence electrons. The van der Waals surface area contributed by atoms with E-state index in [1.807, 2.05) is 54.6 Å². The van der Waals surface area contributed by atoms with Gasteiger partial charge in [-0.2, -0.15) is 0 Å². The van der Waals surface area contributed by atoms with Crippen LogP contribution < -0.4 is 9.47 Å². The van der Waals surface area contributed by atoms with E-state index in [1.165, 1.54) is 0 Å². The minimum absolute atomic E-state index is 0.586. The molecule has 0 bridgehead atoms. The molecule has 0 radical (unpaired) electrons. The molecule has 0 aliphatic carbocycles. The highest BCUT2D eigenvalue weighted by Gasteiger charge is 1.97. The van der Waals surface area contributed by atoms with Gasteiger partial charge in [-0.15, -0.1) is 0 Å². The second-order valence-electron chi connectivity index (χ2n) is 3.78. The minimum Gasteiger partial charge on any atom is -0.493 e. The maximum atomic E-state index is 5.69. The maximum absolute atomic E-state index is 5.69. The van der Waals surface area contributed by atoms with E-state index in [2.05, 4.69) is 15.9 Å². The summed E-state index contributed by atoms with van der Waals surface area (Å²) in [6.07, 6.45) is 0. The van der Waals surface area contributed by atoms with Crippen LogP contribution in [0.4, 0.5) is 0 Å². The Morgan fingerprint density at radius 1 is 0.778 bits per heavy atom. The Balaban J connectivity index is 1.86. The molecule has 0 fully saturated rings. The van der Waals surface area contributed by atoms with Crippen molar-refractivity contribution in [1.29, 1.82) is 0 Å². The van der Waals surface area contributed by atoms with E-state index < -0.39 is 0 Å². The van der Waals surface area contributed by atoms with Crippen molar-refractivity contribution in [1.82, 2.24) is 0 Å². The Labute approximate surface area is 116 Å². The zero-order valence-corrected chi connectivity index (χ0v) is 11.6. The highest BCUT2D eigenvalue weighted by molar-refractivity contribution is 9.09. The number of halogens is 1. The molecule has 2 aromatic rings. The molecule has 0 N–H and O–H groups in total. The maximum Gasteiger partial charge on any atom is 0.120 e. The molecular weight excluding hydrogens is 292 g/mol. The molecule has 0 unspecified atom stereocenters. The average molecular weight is 307 g/mol. The van der Waals surface area contributed by atoms with Gasteiger partial charge in [-0.3, -0.25) is 0 Å². The highest BCUT2D eigenvalue weighted by atomic mass is 79.9. The predicted molar refractivity (Wildman–Crippen MR) is 76.5 cm³/mol. The monoisotopic (exact) mass is 306 g/mol. The molecule has 0 spiro atoms. The molecule has 3 heteroatoms. The first kappa shape index (κ1) is 13.0. The van der Waals surface area contributed by atoms with Crippen molar-refractivity contribution in [2.45, 2.75) is 6.61 Å². The zero-order valence-electron chi connectivity index (χ0n) is 10.0. The van der Waals surface area contributed by atoms with Crippen molar-refractivity contribution in [2.24, 2.45) is 0 Å². The average Bonchev–Trinajstić information content (AvgIpc) is 2.45. The van der Waals surface area contributed by atoms with Gasteiger partial charge in [0.05, 0.1) is 6.61 Å². The van der Waals surface area contributed by atoms with E-state index in [0.717, 1.165) is 22.4 Å². The molecule has 2 aromatic carbocycles. The Hall–Kier alpha value is -1.48. The largest absolute Gasteiger partial charge is 0.493 e. The molecule has 0 saturated heterocycles. The van der Waals surface area contributed by atoms with Crippen LogP contribution in [-0.4, -0.2) is 11.9 Å². The van der Waals surface area contributed by atoms with Crippen LogP contribution in [0.2, 0.25) is 0 Å². The molecule has 2 rings (SSSR count). The van der Waals surface area contributed by atoms with Gasteiger partial charge in [-0.1, -0.05) is 46.3 Å². The molecule has 0 aromatic heterocycles. The van der Waals surface area contributed by atoms with Crippen LogP contribution in [0.3, 0.4) is 0 Å². The lowest BCUT2D eigenvalue weighted by atomic mass is 10.2. The van der Waals surface area contributed by atoms with Gasteiger partial charge in [0.1, 0.15) is 18.1 Å². The highest BCUT2D eigenvalue weighted by Crippen LogP contribution is 2.18. The lowest BCUT2D eigenvalue weighted by Gasteiger charge is -2.08. The number of rotatable bonds is 6. The van der Waals surface area contributed by atoms with Crippen molar-refractivity contribution in [3.05, 3.63) is 60.2 Å². The molecule has 0 heterocycles. The minimum atomic E-state index is 0.586. The van der Waals surface area contributed by atoms with Gasteiger partial charge >= 0.3 is 0 Å². The summed E-state index contributed by atoms with van der Waals surface area (Å²) in [5, 5.41) is 0.833. The standard InChI is InChI=1S/C15H15BrO2/c16-10-11-17-14-6-8-15(9-7-14)18-12-13-4-2-1-3-5-13/h1-9H,10-12H2. The molecular formula is C15H15BrO2. The summed E-state index contributed by atoms with van der Waals surface area (Å²) in [6, 6.07) is 17.8. The molecule has 0 aliphatic heterocycles. The summed E-state index contributed by atoms with van der Waals surface area (Å²) >= 11 is 3.32. The fourth-order valence-electron chi connectivity index (χ4n) is 1.53. The van der Waals surface area contributed by atoms with Crippen molar-refractivity contribution in [3.8, 4) is 11.5 Å². The topological polar surface area (TPSA) is 18.5 Å². The number of ether oxygens (including phenoxy) is 2. The molecule has 0 aliphatic rings. The summed E-state index contributed by atoms with van der Waals surface area (Å²) in [4.78, 5) is 0. The van der Waals surface area contributed by atoms with Crippen LogP contribution in [0.25, 0.3) is 0 Å². The first-order valence-corrected chi connectivity index (χ1v) is 6.96. The molecule has 0 amide bonds. The van der Waals surface area contributed by atoms with Crippen LogP contribution >= 0.6 is 15.9 Å². The van der Waals surface area contributed by atoms with E-state index >= 15 is 0 Å². The van der Waals surface area contributed by atoms with E-state index in [-0.39, 0.29) is 0 Å². The Kier molecular flexibility index (Phi) is 5.09. The normalized spacial score (nSPS) is 10.1. The third-order valence-corrected chi connectivity index (χ3v) is 2.74. The van der Waals surface area contributed by atoms with Gasteiger partial charge in [-0.05, 0) is 29.8 Å². The van der Waals surface area contributed by atoms with E-state index in [9.17, 15) is 0 Å². The smallest absolute Gasteiger partial charge is 0.120 e. The summed E-state index contributed by atoms with van der Waals surface area (Å²) in [6.45, 7) is 1.26. The van der Waals surface area contributed by atoms with Crippen LogP contribution in [0.1, 0.15) is 5.56 Å². The summed E-state index contributed by atoms with van der Waals surface area (Å²) in [7, 11) is 0. The van der Waals surface area contributed by atoms with Crippen molar-refractivity contribution in [3.63, 3.8) is 0 Å². The fourth-order valence-corrected chi connectivity index (χ4v) is 1.69. The second-order valence-corrected chi connectivity index (χ2v) is 4.58. The zero-order chi connectivity index (χ0) is 12.6. The number of benzene rings is 2. The van der Waals surface area contributed by atoms with Gasteiger partial charge in [0.2, 0.25) is 0 Å². The number of hydrogen-bond acceptors (Lipinski definition) is 2. The lowest BCUT2D eigenvalue weighted by molar-refractivity contribution is 0.304. The van der Waals surface area contributed by atoms with Crippen molar-refractivity contribution in [2.75, 3.05) is 11.9 Å². The van der Waals surface area contributed by atoms with Crippen LogP contribution in [0.15, 0.2) is 54.6 Å². The quantitative estimate of drug-likeness (QED) is 0.750. The Bertz CT molecular complexity index is 454. The molecule has 0 saturated carbocycles. The first-order valence-electron chi connectivity index (χ1n) is 5.84. The lowest BCUT2D eigenvalue weighted by Crippen LogP contribution is -1.98. The van der Waals surface area contributed by atoms with Gasteiger partial charge in [0, 0.05) is 5.33 Å². The van der Waals surface area contributed by atoms with Gasteiger partial charge in [-0.25, -0.2) is 0 Å². The van der Waals surface area contributed by atoms with Crippen molar-refractivity contribution < 1.29 is 9.47 Å². The van der Waals surface area contributed by atoms with Crippen LogP contribution in [-0.2, 0) is 6.61 Å². The first-order chi connectivity index (χ1) is 8.88. The second kappa shape index (κ2) is 7.07. The fraction of sp³-hybridized carbons (Fsp3) is 0.200. The van der Waals surface area contributed by atoms with E-state index in [4.69, 9.17) is 9.47 Å². The van der Waals surface area contributed by atoms with E-state index in [1.54, 1.807) is 0 Å². The van der Waals surface area contributed by atoms with Crippen LogP contribution in [0.5, 0.6) is 11.5 Å². The number of hydrogen-bond donors (Lipinski definition) is 0. The Morgan fingerprint density at radius 2 is 1.39 bits per heavy atom. The predicted octanol–water partition coefficient (Wildman–Crippen LogP) is 4.04. The summed E-state index contributed by atoms with van der Waals surface area (Å²) in [5.41, 5.74) is 1.16. The van der Waals surface area contributed by atoms with Gasteiger partial charge in [0.15, 0.2) is 0 Å². The SMILES string of the molecule is BrCCOc1ccc(OCc2ccccc2)cc1. The summed E-state index contributed by atoms with van der Waals surface area (Å²) < 4.78 is 11.2. The van der Waals surface area contributed by atoms with Gasteiger partial charge < -0.3 is 9.47 Å². The van der Waals surface area contributed by atoms with Crippen molar-refractivity contribution >= 4 is 15.9 Å². The van der Waals surface area contributed by atoms with E-state index in [0.29, 0.717) is 13.2 Å². The Morgan fingerprint density at radius 3 is 2.00 bits per heavy atom. The third kappa shape index (κ3) is 4.08. The molecule has 2 nitrogen and oxygen atoms in total. The molecule has 18 heavy (non-hydrogen) atoms.